The van der Waals surface area contributed by atoms with Gasteiger partial charge in [0.25, 0.3) is 0 Å². The molecule has 21 heavy (non-hydrogen) atoms. The number of amides is 1. The van der Waals surface area contributed by atoms with Crippen LogP contribution in [0.4, 0.5) is 0 Å². The third kappa shape index (κ3) is 2.67. The predicted octanol–water partition coefficient (Wildman–Crippen LogP) is 3.10. The third-order valence-electron chi connectivity index (χ3n) is 6.42. The number of ketones is 1. The number of carbonyl (C=O) groups excluding carboxylic acids is 2. The predicted molar refractivity (Wildman–Crippen MR) is 82.6 cm³/mol. The standard InChI is InChI=1S/C18H27NO2/c1-11(2)17(21)19-10-16(20)9-18(3)14-5-12-4-13(7-14)8-15(18)6-12/h12-15H,1,4-10H2,2-3H3,(H,19,21). The smallest absolute Gasteiger partial charge is 0.246 e. The molecule has 1 amide bonds. The van der Waals surface area contributed by atoms with Crippen LogP contribution in [0.3, 0.4) is 0 Å². The fourth-order valence-electron chi connectivity index (χ4n) is 5.37. The molecule has 0 unspecified atom stereocenters. The molecular formula is C18H27NO2. The van der Waals surface area contributed by atoms with E-state index in [9.17, 15) is 9.59 Å². The molecule has 3 heteroatoms. The van der Waals surface area contributed by atoms with E-state index in [1.165, 1.54) is 32.1 Å². The summed E-state index contributed by atoms with van der Waals surface area (Å²) in [6.45, 7) is 7.76. The summed E-state index contributed by atoms with van der Waals surface area (Å²) in [5, 5.41) is 2.68. The van der Waals surface area contributed by atoms with Gasteiger partial charge in [0.1, 0.15) is 0 Å². The summed E-state index contributed by atoms with van der Waals surface area (Å²) in [4.78, 5) is 23.8. The Morgan fingerprint density at radius 3 is 2.10 bits per heavy atom. The molecule has 0 radical (unpaired) electrons. The number of nitrogens with one attached hydrogen (secondary N) is 1. The SMILES string of the molecule is C=C(C)C(=O)NCC(=O)CC1(C)C2CC3CC(C2)CC1C3. The number of carbonyl (C=O) groups is 2. The van der Waals surface area contributed by atoms with Crippen molar-refractivity contribution in [2.24, 2.45) is 29.1 Å². The summed E-state index contributed by atoms with van der Waals surface area (Å²) >= 11 is 0. The Kier molecular flexibility index (Phi) is 3.71. The Balaban J connectivity index is 1.60. The van der Waals surface area contributed by atoms with Crippen LogP contribution >= 0.6 is 0 Å². The molecule has 1 N–H and O–H groups in total. The molecule has 4 rings (SSSR count). The van der Waals surface area contributed by atoms with E-state index >= 15 is 0 Å². The van der Waals surface area contributed by atoms with Gasteiger partial charge in [0, 0.05) is 12.0 Å². The van der Waals surface area contributed by atoms with Crippen LogP contribution in [0.2, 0.25) is 0 Å². The number of hydrogen-bond acceptors (Lipinski definition) is 2. The lowest BCUT2D eigenvalue weighted by atomic mass is 9.45. The second-order valence-electron chi connectivity index (χ2n) is 7.99. The van der Waals surface area contributed by atoms with E-state index in [-0.39, 0.29) is 23.7 Å². The molecule has 4 aliphatic carbocycles. The highest BCUT2D eigenvalue weighted by molar-refractivity contribution is 5.95. The van der Waals surface area contributed by atoms with Gasteiger partial charge in [-0.05, 0) is 68.1 Å². The fraction of sp³-hybridized carbons (Fsp3) is 0.778. The van der Waals surface area contributed by atoms with Crippen LogP contribution in [0, 0.1) is 29.1 Å². The van der Waals surface area contributed by atoms with E-state index in [0.29, 0.717) is 12.0 Å². The summed E-state index contributed by atoms with van der Waals surface area (Å²) in [5.41, 5.74) is 0.641. The molecule has 0 spiro atoms. The zero-order chi connectivity index (χ0) is 15.2. The first kappa shape index (κ1) is 14.8. The van der Waals surface area contributed by atoms with E-state index in [1.54, 1.807) is 6.92 Å². The normalized spacial score (nSPS) is 40.1. The van der Waals surface area contributed by atoms with Crippen molar-refractivity contribution in [3.05, 3.63) is 12.2 Å². The quantitative estimate of drug-likeness (QED) is 0.791. The Hall–Kier alpha value is -1.12. The fourth-order valence-corrected chi connectivity index (χ4v) is 5.37. The number of rotatable bonds is 5. The zero-order valence-corrected chi connectivity index (χ0v) is 13.3. The van der Waals surface area contributed by atoms with Crippen LogP contribution in [-0.2, 0) is 9.59 Å². The van der Waals surface area contributed by atoms with Gasteiger partial charge >= 0.3 is 0 Å². The van der Waals surface area contributed by atoms with Crippen molar-refractivity contribution in [2.45, 2.75) is 52.4 Å². The van der Waals surface area contributed by atoms with Gasteiger partial charge in [-0.15, -0.1) is 0 Å². The van der Waals surface area contributed by atoms with E-state index in [0.717, 1.165) is 23.7 Å². The lowest BCUT2D eigenvalue weighted by molar-refractivity contribution is -0.135. The second kappa shape index (κ2) is 5.26. The van der Waals surface area contributed by atoms with Crippen molar-refractivity contribution in [1.82, 2.24) is 5.32 Å². The van der Waals surface area contributed by atoms with Gasteiger partial charge in [-0.3, -0.25) is 9.59 Å². The topological polar surface area (TPSA) is 46.2 Å². The maximum atomic E-state index is 12.3. The maximum Gasteiger partial charge on any atom is 0.246 e. The molecule has 116 valence electrons. The lowest BCUT2D eigenvalue weighted by Crippen LogP contribution is -2.52. The molecule has 4 saturated carbocycles. The minimum absolute atomic E-state index is 0.160. The van der Waals surface area contributed by atoms with Gasteiger partial charge in [0.05, 0.1) is 6.54 Å². The Bertz CT molecular complexity index is 452. The molecule has 0 aromatic heterocycles. The van der Waals surface area contributed by atoms with Crippen LogP contribution in [0.1, 0.15) is 52.4 Å². The van der Waals surface area contributed by atoms with Gasteiger partial charge in [-0.2, -0.15) is 0 Å². The molecule has 4 bridgehead atoms. The van der Waals surface area contributed by atoms with E-state index < -0.39 is 0 Å². The van der Waals surface area contributed by atoms with Gasteiger partial charge < -0.3 is 5.32 Å². The van der Waals surface area contributed by atoms with E-state index in [1.807, 2.05) is 0 Å². The maximum absolute atomic E-state index is 12.3. The first-order valence-corrected chi connectivity index (χ1v) is 8.34. The monoisotopic (exact) mass is 289 g/mol. The van der Waals surface area contributed by atoms with Crippen molar-refractivity contribution in [3.8, 4) is 0 Å². The molecule has 0 saturated heterocycles. The highest BCUT2D eigenvalue weighted by Crippen LogP contribution is 2.63. The molecule has 0 aromatic rings. The van der Waals surface area contributed by atoms with Crippen LogP contribution < -0.4 is 5.32 Å². The van der Waals surface area contributed by atoms with E-state index in [4.69, 9.17) is 0 Å². The minimum atomic E-state index is -0.210. The van der Waals surface area contributed by atoms with Crippen LogP contribution in [0.5, 0.6) is 0 Å². The second-order valence-corrected chi connectivity index (χ2v) is 7.99. The highest BCUT2D eigenvalue weighted by Gasteiger charge is 2.54. The summed E-state index contributed by atoms with van der Waals surface area (Å²) in [7, 11) is 0. The minimum Gasteiger partial charge on any atom is -0.345 e. The molecule has 0 heterocycles. The van der Waals surface area contributed by atoms with Gasteiger partial charge in [0.2, 0.25) is 5.91 Å². The number of hydrogen-bond donors (Lipinski definition) is 1. The van der Waals surface area contributed by atoms with Gasteiger partial charge in [-0.1, -0.05) is 13.5 Å². The molecule has 0 aromatic carbocycles. The molecule has 4 aliphatic rings. The largest absolute Gasteiger partial charge is 0.345 e. The molecule has 3 nitrogen and oxygen atoms in total. The van der Waals surface area contributed by atoms with Gasteiger partial charge in [-0.25, -0.2) is 0 Å². The first-order chi connectivity index (χ1) is 9.88. The van der Waals surface area contributed by atoms with Crippen LogP contribution in [0.15, 0.2) is 12.2 Å². The van der Waals surface area contributed by atoms with Crippen molar-refractivity contribution in [2.75, 3.05) is 6.54 Å². The molecule has 4 fully saturated rings. The summed E-state index contributed by atoms with van der Waals surface area (Å²) in [6, 6.07) is 0. The van der Waals surface area contributed by atoms with Crippen molar-refractivity contribution in [3.63, 3.8) is 0 Å². The van der Waals surface area contributed by atoms with Crippen molar-refractivity contribution in [1.29, 1.82) is 0 Å². The van der Waals surface area contributed by atoms with Crippen molar-refractivity contribution < 1.29 is 9.59 Å². The Labute approximate surface area is 127 Å². The average molecular weight is 289 g/mol. The molecular weight excluding hydrogens is 262 g/mol. The Morgan fingerprint density at radius 2 is 1.62 bits per heavy atom. The van der Waals surface area contributed by atoms with Gasteiger partial charge in [0.15, 0.2) is 5.78 Å². The average Bonchev–Trinajstić information content (AvgIpc) is 2.41. The number of Topliss-reactive ketones (excluding diaryl/α,β-unsaturated/α-hetero) is 1. The summed E-state index contributed by atoms with van der Waals surface area (Å²) < 4.78 is 0. The zero-order valence-electron chi connectivity index (χ0n) is 13.3. The molecule has 0 atom stereocenters. The first-order valence-electron chi connectivity index (χ1n) is 8.34. The third-order valence-corrected chi connectivity index (χ3v) is 6.42. The van der Waals surface area contributed by atoms with Crippen LogP contribution in [-0.4, -0.2) is 18.2 Å². The van der Waals surface area contributed by atoms with Crippen LogP contribution in [0.25, 0.3) is 0 Å². The Morgan fingerprint density at radius 1 is 1.10 bits per heavy atom. The van der Waals surface area contributed by atoms with E-state index in [2.05, 4.69) is 18.8 Å². The summed E-state index contributed by atoms with van der Waals surface area (Å²) in [5.74, 6) is 3.29. The summed E-state index contributed by atoms with van der Waals surface area (Å²) in [6.07, 6.45) is 7.39. The highest BCUT2D eigenvalue weighted by atomic mass is 16.2. The lowest BCUT2D eigenvalue weighted by Gasteiger charge is -2.60. The molecule has 0 aliphatic heterocycles. The van der Waals surface area contributed by atoms with Crippen molar-refractivity contribution >= 4 is 11.7 Å².